The maximum absolute atomic E-state index is 12.9. The van der Waals surface area contributed by atoms with Crippen molar-refractivity contribution in [3.05, 3.63) is 52.5 Å². The highest BCUT2D eigenvalue weighted by atomic mass is 32.1. The van der Waals surface area contributed by atoms with Crippen LogP contribution in [0, 0.1) is 29.1 Å². The number of aliphatic hydroxyl groups excluding tert-OH is 1. The molecule has 7 unspecified atom stereocenters. The van der Waals surface area contributed by atoms with Gasteiger partial charge >= 0.3 is 0 Å². The highest BCUT2D eigenvalue weighted by Gasteiger charge is 2.53. The number of aromatic nitrogens is 1. The van der Waals surface area contributed by atoms with Crippen LogP contribution in [0.2, 0.25) is 0 Å². The molecule has 178 valence electrons. The molecule has 2 heterocycles. The summed E-state index contributed by atoms with van der Waals surface area (Å²) in [7, 11) is 0. The van der Waals surface area contributed by atoms with Crippen LogP contribution >= 0.6 is 11.3 Å². The van der Waals surface area contributed by atoms with Crippen LogP contribution in [-0.4, -0.2) is 34.1 Å². The summed E-state index contributed by atoms with van der Waals surface area (Å²) in [6, 6.07) is 7.43. The Morgan fingerprint density at radius 3 is 2.67 bits per heavy atom. The van der Waals surface area contributed by atoms with Gasteiger partial charge in [-0.25, -0.2) is 0 Å². The number of nitrogens with zero attached hydrogens (tertiary/aromatic N) is 1. The van der Waals surface area contributed by atoms with Crippen molar-refractivity contribution in [1.82, 2.24) is 15.6 Å². The van der Waals surface area contributed by atoms with E-state index in [1.54, 1.807) is 35.9 Å². The summed E-state index contributed by atoms with van der Waals surface area (Å²) in [6.07, 6.45) is 6.39. The van der Waals surface area contributed by atoms with Crippen molar-refractivity contribution in [3.63, 3.8) is 0 Å². The number of fused-ring (bicyclic) bond motifs is 1. The van der Waals surface area contributed by atoms with Gasteiger partial charge in [-0.15, -0.1) is 11.3 Å². The predicted octanol–water partition coefficient (Wildman–Crippen LogP) is 4.02. The number of carbonyl (C=O) groups excluding carboxylic acids is 2. The first-order valence-electron chi connectivity index (χ1n) is 12.0. The van der Waals surface area contributed by atoms with Crippen molar-refractivity contribution >= 4 is 23.2 Å². The Morgan fingerprint density at radius 2 is 1.97 bits per heavy atom. The Bertz CT molecular complexity index is 951. The molecule has 3 N–H and O–H groups in total. The van der Waals surface area contributed by atoms with Crippen LogP contribution < -0.4 is 10.6 Å². The molecule has 7 atom stereocenters. The van der Waals surface area contributed by atoms with Crippen LogP contribution in [0.4, 0.5) is 0 Å². The number of thiophene rings is 1. The second-order valence-electron chi connectivity index (χ2n) is 10.2. The minimum atomic E-state index is -0.568. The van der Waals surface area contributed by atoms with Gasteiger partial charge in [0, 0.05) is 34.8 Å². The van der Waals surface area contributed by atoms with Crippen LogP contribution in [-0.2, 0) is 11.3 Å². The Labute approximate surface area is 200 Å². The highest BCUT2D eigenvalue weighted by Crippen LogP contribution is 2.55. The van der Waals surface area contributed by atoms with Gasteiger partial charge in [0.05, 0.1) is 12.6 Å². The fourth-order valence-corrected chi connectivity index (χ4v) is 6.84. The standard InChI is InChI=1S/C26H35N3O3S/c1-16(24(31)28-15-19-5-4-14-33-19)20-6-10-26(3)11-7-21(17(2)22(26)23(20)30)29-25(32)18-8-12-27-13-9-18/h4-5,8-9,12-14,16-17,20-23,30H,6-7,10-11,15H2,1-3H3,(H,28,31)(H,29,32). The normalized spacial score (nSPS) is 32.4. The van der Waals surface area contributed by atoms with Crippen molar-refractivity contribution < 1.29 is 14.7 Å². The van der Waals surface area contributed by atoms with E-state index in [9.17, 15) is 14.7 Å². The smallest absolute Gasteiger partial charge is 0.251 e. The van der Waals surface area contributed by atoms with Gasteiger partial charge in [-0.1, -0.05) is 26.8 Å². The van der Waals surface area contributed by atoms with E-state index >= 15 is 0 Å². The molecule has 2 aromatic rings. The summed E-state index contributed by atoms with van der Waals surface area (Å²) in [5.41, 5.74) is 0.629. The van der Waals surface area contributed by atoms with Gasteiger partial charge in [0.2, 0.25) is 5.91 Å². The van der Waals surface area contributed by atoms with E-state index in [4.69, 9.17) is 0 Å². The van der Waals surface area contributed by atoms with Crippen molar-refractivity contribution in [2.45, 2.75) is 65.1 Å². The van der Waals surface area contributed by atoms with Gasteiger partial charge in [-0.3, -0.25) is 14.6 Å². The maximum Gasteiger partial charge on any atom is 0.251 e. The molecule has 0 aliphatic heterocycles. The van der Waals surface area contributed by atoms with Gasteiger partial charge in [0.25, 0.3) is 5.91 Å². The number of pyridine rings is 1. The number of nitrogens with one attached hydrogen (secondary N) is 2. The molecular weight excluding hydrogens is 434 g/mol. The van der Waals surface area contributed by atoms with Gasteiger partial charge in [0.1, 0.15) is 0 Å². The zero-order chi connectivity index (χ0) is 23.6. The van der Waals surface area contributed by atoms with Gasteiger partial charge in [-0.05, 0) is 72.4 Å². The molecule has 0 radical (unpaired) electrons. The van der Waals surface area contributed by atoms with Gasteiger partial charge in [0.15, 0.2) is 0 Å². The van der Waals surface area contributed by atoms with Gasteiger partial charge < -0.3 is 15.7 Å². The monoisotopic (exact) mass is 469 g/mol. The fraction of sp³-hybridized carbons (Fsp3) is 0.577. The average molecular weight is 470 g/mol. The van der Waals surface area contributed by atoms with Gasteiger partial charge in [-0.2, -0.15) is 0 Å². The van der Waals surface area contributed by atoms with E-state index < -0.39 is 6.10 Å². The third-order valence-corrected chi connectivity index (χ3v) is 9.10. The number of amides is 2. The molecule has 6 nitrogen and oxygen atoms in total. The molecule has 2 saturated carbocycles. The molecule has 0 aromatic carbocycles. The lowest BCUT2D eigenvalue weighted by molar-refractivity contribution is -0.142. The first kappa shape index (κ1) is 23.9. The minimum Gasteiger partial charge on any atom is -0.392 e. The third-order valence-electron chi connectivity index (χ3n) is 8.22. The number of carbonyl (C=O) groups is 2. The van der Waals surface area contributed by atoms with Crippen molar-refractivity contribution in [2.75, 3.05) is 0 Å². The molecule has 0 saturated heterocycles. The van der Waals surface area contributed by atoms with Crippen LogP contribution in [0.25, 0.3) is 0 Å². The molecule has 4 rings (SSSR count). The molecular formula is C26H35N3O3S. The molecule has 2 amide bonds. The second kappa shape index (κ2) is 9.94. The van der Waals surface area contributed by atoms with E-state index in [-0.39, 0.29) is 46.9 Å². The zero-order valence-corrected chi connectivity index (χ0v) is 20.5. The summed E-state index contributed by atoms with van der Waals surface area (Å²) in [4.78, 5) is 30.8. The van der Waals surface area contributed by atoms with E-state index in [2.05, 4.69) is 29.5 Å². The highest BCUT2D eigenvalue weighted by molar-refractivity contribution is 7.09. The molecule has 2 aromatic heterocycles. The third kappa shape index (κ3) is 4.99. The Balaban J connectivity index is 1.43. The van der Waals surface area contributed by atoms with E-state index in [1.165, 1.54) is 0 Å². The zero-order valence-electron chi connectivity index (χ0n) is 19.7. The first-order valence-corrected chi connectivity index (χ1v) is 12.9. The Morgan fingerprint density at radius 1 is 1.24 bits per heavy atom. The van der Waals surface area contributed by atoms with E-state index in [0.717, 1.165) is 30.6 Å². The van der Waals surface area contributed by atoms with Crippen LogP contribution in [0.3, 0.4) is 0 Å². The summed E-state index contributed by atoms with van der Waals surface area (Å²) in [6.45, 7) is 6.89. The molecule has 2 aliphatic carbocycles. The average Bonchev–Trinajstić information content (AvgIpc) is 3.33. The molecule has 0 bridgehead atoms. The van der Waals surface area contributed by atoms with E-state index in [1.807, 2.05) is 24.4 Å². The molecule has 7 heteroatoms. The summed E-state index contributed by atoms with van der Waals surface area (Å²) in [5.74, 6) is -0.274. The topological polar surface area (TPSA) is 91.3 Å². The first-order chi connectivity index (χ1) is 15.8. The predicted molar refractivity (Wildman–Crippen MR) is 130 cm³/mol. The minimum absolute atomic E-state index is 0.0000940. The molecule has 2 fully saturated rings. The number of aliphatic hydroxyl groups is 1. The van der Waals surface area contributed by atoms with Crippen molar-refractivity contribution in [1.29, 1.82) is 0 Å². The summed E-state index contributed by atoms with van der Waals surface area (Å²) >= 11 is 1.63. The second-order valence-corrected chi connectivity index (χ2v) is 11.2. The lowest BCUT2D eigenvalue weighted by Gasteiger charge is -2.56. The quantitative estimate of drug-likeness (QED) is 0.596. The summed E-state index contributed by atoms with van der Waals surface area (Å²) in [5, 5.41) is 19.8. The lowest BCUT2D eigenvalue weighted by atomic mass is 9.51. The fourth-order valence-electron chi connectivity index (χ4n) is 6.20. The largest absolute Gasteiger partial charge is 0.392 e. The van der Waals surface area contributed by atoms with Crippen LogP contribution in [0.5, 0.6) is 0 Å². The van der Waals surface area contributed by atoms with Crippen LogP contribution in [0.15, 0.2) is 42.0 Å². The van der Waals surface area contributed by atoms with Crippen LogP contribution in [0.1, 0.15) is 61.7 Å². The SMILES string of the molecule is CC(C(=O)NCc1cccs1)C1CCC2(C)CCC(NC(=O)c3ccncc3)C(C)C2C1O. The molecule has 2 aliphatic rings. The number of rotatable bonds is 6. The number of hydrogen-bond acceptors (Lipinski definition) is 5. The molecule has 33 heavy (non-hydrogen) atoms. The Hall–Kier alpha value is -2.25. The number of hydrogen-bond donors (Lipinski definition) is 3. The Kier molecular flexibility index (Phi) is 7.19. The maximum atomic E-state index is 12.9. The summed E-state index contributed by atoms with van der Waals surface area (Å²) < 4.78 is 0. The lowest BCUT2D eigenvalue weighted by Crippen LogP contribution is -2.58. The van der Waals surface area contributed by atoms with Crippen molar-refractivity contribution in [2.24, 2.45) is 29.1 Å². The molecule has 0 spiro atoms. The van der Waals surface area contributed by atoms with E-state index in [0.29, 0.717) is 12.1 Å². The van der Waals surface area contributed by atoms with Crippen molar-refractivity contribution in [3.8, 4) is 0 Å².